The third-order valence-corrected chi connectivity index (χ3v) is 5.69. The zero-order valence-corrected chi connectivity index (χ0v) is 15.1. The zero-order valence-electron chi connectivity index (χ0n) is 14.3. The lowest BCUT2D eigenvalue weighted by atomic mass is 10.3. The molecule has 0 bridgehead atoms. The maximum atomic E-state index is 12.6. The van der Waals surface area contributed by atoms with E-state index in [1.54, 1.807) is 18.3 Å². The summed E-state index contributed by atoms with van der Waals surface area (Å²) in [6, 6.07) is 4.64. The van der Waals surface area contributed by atoms with E-state index in [-0.39, 0.29) is 10.6 Å². The molecular weight excluding hydrogens is 360 g/mol. The lowest BCUT2D eigenvalue weighted by Gasteiger charge is -2.25. The first-order chi connectivity index (χ1) is 12.5. The van der Waals surface area contributed by atoms with E-state index in [2.05, 4.69) is 15.3 Å². The van der Waals surface area contributed by atoms with E-state index >= 15 is 0 Å². The quantitative estimate of drug-likeness (QED) is 0.775. The molecule has 9 nitrogen and oxygen atoms in total. The number of ether oxygens (including phenoxy) is 2. The average Bonchev–Trinajstić information content (AvgIpc) is 3.15. The zero-order chi connectivity index (χ0) is 18.6. The maximum absolute atomic E-state index is 12.6. The number of aromatic amines is 1. The number of nitrogens with one attached hydrogen (secondary N) is 2. The van der Waals surface area contributed by atoms with E-state index in [1.807, 2.05) is 6.92 Å². The van der Waals surface area contributed by atoms with Crippen molar-refractivity contribution in [3.63, 3.8) is 0 Å². The maximum Gasteiger partial charge on any atom is 0.272 e. The molecule has 0 spiro atoms. The van der Waals surface area contributed by atoms with E-state index in [1.165, 1.54) is 16.6 Å². The van der Waals surface area contributed by atoms with Gasteiger partial charge in [-0.3, -0.25) is 4.79 Å². The molecule has 1 fully saturated rings. The molecule has 0 aromatic carbocycles. The minimum absolute atomic E-state index is 0.0424. The predicted octanol–water partition coefficient (Wildman–Crippen LogP) is 1.08. The van der Waals surface area contributed by atoms with Gasteiger partial charge >= 0.3 is 0 Å². The lowest BCUT2D eigenvalue weighted by molar-refractivity contribution is 0.0730. The molecule has 0 unspecified atom stereocenters. The Kier molecular flexibility index (Phi) is 5.55. The van der Waals surface area contributed by atoms with Gasteiger partial charge in [-0.1, -0.05) is 0 Å². The molecule has 1 aliphatic heterocycles. The van der Waals surface area contributed by atoms with E-state index in [0.717, 1.165) is 0 Å². The summed E-state index contributed by atoms with van der Waals surface area (Å²) in [6.07, 6.45) is 2.87. The number of carbonyl (C=O) groups excluding carboxylic acids is 1. The van der Waals surface area contributed by atoms with Gasteiger partial charge in [0.15, 0.2) is 0 Å². The fourth-order valence-electron chi connectivity index (χ4n) is 2.52. The van der Waals surface area contributed by atoms with Crippen LogP contribution < -0.4 is 10.1 Å². The smallest absolute Gasteiger partial charge is 0.272 e. The summed E-state index contributed by atoms with van der Waals surface area (Å²) < 4.78 is 37.1. The number of pyridine rings is 1. The number of carbonyl (C=O) groups is 1. The number of amides is 1. The average molecular weight is 380 g/mol. The Morgan fingerprint density at radius 2 is 2.19 bits per heavy atom. The van der Waals surface area contributed by atoms with Crippen LogP contribution in [0, 0.1) is 0 Å². The highest BCUT2D eigenvalue weighted by molar-refractivity contribution is 7.89. The summed E-state index contributed by atoms with van der Waals surface area (Å²) in [4.78, 5) is 19.2. The summed E-state index contributed by atoms with van der Waals surface area (Å²) >= 11 is 0. The van der Waals surface area contributed by atoms with Crippen molar-refractivity contribution in [1.29, 1.82) is 0 Å². The molecule has 3 rings (SSSR count). The normalized spacial score (nSPS) is 15.6. The van der Waals surface area contributed by atoms with Crippen molar-refractivity contribution >= 4 is 21.6 Å². The van der Waals surface area contributed by atoms with Crippen LogP contribution in [0.4, 0.5) is 5.69 Å². The van der Waals surface area contributed by atoms with Crippen LogP contribution in [0.1, 0.15) is 17.4 Å². The highest BCUT2D eigenvalue weighted by atomic mass is 32.2. The van der Waals surface area contributed by atoms with Crippen molar-refractivity contribution < 1.29 is 22.7 Å². The van der Waals surface area contributed by atoms with Crippen LogP contribution >= 0.6 is 0 Å². The summed E-state index contributed by atoms with van der Waals surface area (Å²) in [5, 5.41) is 2.67. The second kappa shape index (κ2) is 7.85. The monoisotopic (exact) mass is 380 g/mol. The Labute approximate surface area is 151 Å². The minimum atomic E-state index is -3.66. The van der Waals surface area contributed by atoms with Crippen molar-refractivity contribution in [2.24, 2.45) is 0 Å². The summed E-state index contributed by atoms with van der Waals surface area (Å²) in [5.74, 6) is -0.182. The number of hydrogen-bond acceptors (Lipinski definition) is 6. The van der Waals surface area contributed by atoms with Crippen LogP contribution in [0.2, 0.25) is 0 Å². The predicted molar refractivity (Wildman–Crippen MR) is 93.7 cm³/mol. The van der Waals surface area contributed by atoms with Crippen molar-refractivity contribution in [3.05, 3.63) is 36.3 Å². The second-order valence-electron chi connectivity index (χ2n) is 5.51. The first kappa shape index (κ1) is 18.4. The molecule has 26 heavy (non-hydrogen) atoms. The number of morpholine rings is 1. The van der Waals surface area contributed by atoms with Crippen molar-refractivity contribution in [1.82, 2.24) is 14.3 Å². The standard InChI is InChI=1S/C16H20N4O5S/c1-2-25-16-13(4-3-5-17-16)19-15(21)14-10-12(11-18-14)26(22,23)20-6-8-24-9-7-20/h3-5,10-11,18H,2,6-9H2,1H3,(H,19,21). The molecular formula is C16H20N4O5S. The third-order valence-electron chi connectivity index (χ3n) is 3.81. The number of anilines is 1. The van der Waals surface area contributed by atoms with Crippen LogP contribution in [-0.2, 0) is 14.8 Å². The first-order valence-corrected chi connectivity index (χ1v) is 9.62. The van der Waals surface area contributed by atoms with E-state index in [4.69, 9.17) is 9.47 Å². The fraction of sp³-hybridized carbons (Fsp3) is 0.375. The molecule has 0 atom stereocenters. The van der Waals surface area contributed by atoms with Crippen LogP contribution in [0.3, 0.4) is 0 Å². The number of rotatable bonds is 6. The first-order valence-electron chi connectivity index (χ1n) is 8.18. The number of hydrogen-bond donors (Lipinski definition) is 2. The van der Waals surface area contributed by atoms with Crippen LogP contribution in [0.25, 0.3) is 0 Å². The molecule has 3 heterocycles. The molecule has 1 saturated heterocycles. The van der Waals surface area contributed by atoms with Gasteiger partial charge in [-0.2, -0.15) is 4.31 Å². The molecule has 0 aliphatic carbocycles. The van der Waals surface area contributed by atoms with E-state index < -0.39 is 15.9 Å². The molecule has 0 saturated carbocycles. The van der Waals surface area contributed by atoms with Gasteiger partial charge in [-0.25, -0.2) is 13.4 Å². The molecule has 10 heteroatoms. The van der Waals surface area contributed by atoms with Gasteiger partial charge in [-0.15, -0.1) is 0 Å². The van der Waals surface area contributed by atoms with Crippen molar-refractivity contribution in [2.45, 2.75) is 11.8 Å². The second-order valence-corrected chi connectivity index (χ2v) is 7.45. The number of nitrogens with zero attached hydrogens (tertiary/aromatic N) is 2. The largest absolute Gasteiger partial charge is 0.476 e. The molecule has 2 aromatic heterocycles. The van der Waals surface area contributed by atoms with Gasteiger partial charge < -0.3 is 19.8 Å². The van der Waals surface area contributed by atoms with Gasteiger partial charge in [0.1, 0.15) is 16.3 Å². The number of H-pyrrole nitrogens is 1. The SMILES string of the molecule is CCOc1ncccc1NC(=O)c1cc(S(=O)(=O)N2CCOCC2)c[nH]1. The molecule has 2 aromatic rings. The Bertz CT molecular complexity index is 874. The Balaban J connectivity index is 1.76. The summed E-state index contributed by atoms with van der Waals surface area (Å²) in [6.45, 7) is 3.53. The van der Waals surface area contributed by atoms with Gasteiger partial charge in [-0.05, 0) is 25.1 Å². The highest BCUT2D eigenvalue weighted by Crippen LogP contribution is 2.22. The number of sulfonamides is 1. The topological polar surface area (TPSA) is 114 Å². The molecule has 2 N–H and O–H groups in total. The molecule has 1 aliphatic rings. The van der Waals surface area contributed by atoms with Gasteiger partial charge in [0.05, 0.1) is 19.8 Å². The van der Waals surface area contributed by atoms with E-state index in [9.17, 15) is 13.2 Å². The van der Waals surface area contributed by atoms with Gasteiger partial charge in [0, 0.05) is 25.5 Å². The van der Waals surface area contributed by atoms with Crippen molar-refractivity contribution in [2.75, 3.05) is 38.2 Å². The highest BCUT2D eigenvalue weighted by Gasteiger charge is 2.28. The summed E-state index contributed by atoms with van der Waals surface area (Å²) in [7, 11) is -3.66. The fourth-order valence-corrected chi connectivity index (χ4v) is 3.92. The Hall–Kier alpha value is -2.43. The summed E-state index contributed by atoms with van der Waals surface area (Å²) in [5.41, 5.74) is 0.537. The van der Waals surface area contributed by atoms with Crippen molar-refractivity contribution in [3.8, 4) is 5.88 Å². The number of aromatic nitrogens is 2. The minimum Gasteiger partial charge on any atom is -0.476 e. The molecule has 140 valence electrons. The van der Waals surface area contributed by atoms with Crippen LogP contribution in [0.15, 0.2) is 35.5 Å². The van der Waals surface area contributed by atoms with Gasteiger partial charge in [0.2, 0.25) is 15.9 Å². The molecule has 1 amide bonds. The van der Waals surface area contributed by atoms with Crippen LogP contribution in [-0.4, -0.2) is 61.5 Å². The van der Waals surface area contributed by atoms with Gasteiger partial charge in [0.25, 0.3) is 5.91 Å². The van der Waals surface area contributed by atoms with Crippen LogP contribution in [0.5, 0.6) is 5.88 Å². The van der Waals surface area contributed by atoms with E-state index in [0.29, 0.717) is 44.5 Å². The Morgan fingerprint density at radius 1 is 1.42 bits per heavy atom. The Morgan fingerprint density at radius 3 is 2.92 bits per heavy atom. The molecule has 0 radical (unpaired) electrons. The lowest BCUT2D eigenvalue weighted by Crippen LogP contribution is -2.40. The third kappa shape index (κ3) is 3.87.